The lowest BCUT2D eigenvalue weighted by molar-refractivity contribution is 0.269. The Hall–Kier alpha value is -1.73. The van der Waals surface area contributed by atoms with E-state index in [2.05, 4.69) is 53.2 Å². The van der Waals surface area contributed by atoms with Crippen molar-refractivity contribution in [2.45, 2.75) is 6.92 Å². The van der Waals surface area contributed by atoms with Crippen molar-refractivity contribution in [2.75, 3.05) is 42.9 Å². The molecule has 116 valence electrons. The van der Waals surface area contributed by atoms with Crippen LogP contribution in [-0.2, 0) is 0 Å². The Kier molecular flexibility index (Phi) is 4.84. The first-order valence-corrected chi connectivity index (χ1v) is 8.23. The van der Waals surface area contributed by atoms with Crippen LogP contribution in [0.4, 0.5) is 17.5 Å². The fourth-order valence-corrected chi connectivity index (χ4v) is 2.70. The molecule has 0 aliphatic carbocycles. The van der Waals surface area contributed by atoms with E-state index in [4.69, 9.17) is 0 Å². The van der Waals surface area contributed by atoms with Crippen molar-refractivity contribution in [3.05, 3.63) is 34.9 Å². The lowest BCUT2D eigenvalue weighted by Crippen LogP contribution is -2.46. The van der Waals surface area contributed by atoms with E-state index in [9.17, 15) is 0 Å². The second kappa shape index (κ2) is 7.02. The van der Waals surface area contributed by atoms with Crippen LogP contribution in [0.15, 0.2) is 34.9 Å². The van der Waals surface area contributed by atoms with Gasteiger partial charge in [-0.05, 0) is 30.8 Å². The number of rotatable bonds is 4. The molecule has 6 nitrogen and oxygen atoms in total. The van der Waals surface area contributed by atoms with Crippen LogP contribution in [0.3, 0.4) is 0 Å². The molecule has 0 saturated carbocycles. The second-order valence-electron chi connectivity index (χ2n) is 5.19. The van der Waals surface area contributed by atoms with Gasteiger partial charge in [0.1, 0.15) is 0 Å². The van der Waals surface area contributed by atoms with E-state index in [0.29, 0.717) is 11.8 Å². The molecular formula is C15H19BrN6. The van der Waals surface area contributed by atoms with Crippen molar-refractivity contribution in [3.63, 3.8) is 0 Å². The van der Waals surface area contributed by atoms with E-state index in [1.807, 2.05) is 24.3 Å². The smallest absolute Gasteiger partial charge is 0.247 e. The van der Waals surface area contributed by atoms with Crippen molar-refractivity contribution < 1.29 is 0 Å². The third-order valence-electron chi connectivity index (χ3n) is 3.77. The van der Waals surface area contributed by atoms with Crippen molar-refractivity contribution >= 4 is 33.4 Å². The zero-order chi connectivity index (χ0) is 15.4. The molecule has 0 spiro atoms. The Bertz CT molecular complexity index is 610. The fourth-order valence-electron chi connectivity index (χ4n) is 2.43. The van der Waals surface area contributed by atoms with Gasteiger partial charge in [0.15, 0.2) is 5.82 Å². The highest BCUT2D eigenvalue weighted by atomic mass is 79.9. The first-order chi connectivity index (χ1) is 10.7. The fraction of sp³-hybridized carbons (Fsp3) is 0.400. The predicted molar refractivity (Wildman–Crippen MR) is 91.6 cm³/mol. The third kappa shape index (κ3) is 3.72. The highest BCUT2D eigenvalue weighted by Crippen LogP contribution is 2.19. The lowest BCUT2D eigenvalue weighted by Gasteiger charge is -2.33. The number of likely N-dealkylation sites (N-methyl/N-ethyl adjacent to an activating group) is 1. The summed E-state index contributed by atoms with van der Waals surface area (Å²) < 4.78 is 1.05. The van der Waals surface area contributed by atoms with Gasteiger partial charge in [-0.2, -0.15) is 10.1 Å². The van der Waals surface area contributed by atoms with E-state index in [0.717, 1.165) is 42.9 Å². The van der Waals surface area contributed by atoms with Crippen molar-refractivity contribution in [1.82, 2.24) is 20.1 Å². The average Bonchev–Trinajstić information content (AvgIpc) is 2.57. The van der Waals surface area contributed by atoms with Crippen molar-refractivity contribution in [1.29, 1.82) is 0 Å². The van der Waals surface area contributed by atoms with E-state index >= 15 is 0 Å². The number of aromatic nitrogens is 3. The Morgan fingerprint density at radius 2 is 1.86 bits per heavy atom. The summed E-state index contributed by atoms with van der Waals surface area (Å²) in [6, 6.07) is 7.96. The summed E-state index contributed by atoms with van der Waals surface area (Å²) in [4.78, 5) is 9.19. The van der Waals surface area contributed by atoms with Crippen LogP contribution in [0, 0.1) is 0 Å². The number of nitrogens with zero attached hydrogens (tertiary/aromatic N) is 5. The van der Waals surface area contributed by atoms with Gasteiger partial charge in [0.05, 0.1) is 6.20 Å². The summed E-state index contributed by atoms with van der Waals surface area (Å²) in [5.41, 5.74) is 0.977. The molecule has 0 amide bonds. The Morgan fingerprint density at radius 3 is 2.55 bits per heavy atom. The van der Waals surface area contributed by atoms with E-state index in [-0.39, 0.29) is 0 Å². The Labute approximate surface area is 138 Å². The largest absolute Gasteiger partial charge is 0.339 e. The number of piperazine rings is 1. The van der Waals surface area contributed by atoms with Crippen LogP contribution in [0.5, 0.6) is 0 Å². The van der Waals surface area contributed by atoms with E-state index in [1.54, 1.807) is 6.20 Å². The summed E-state index contributed by atoms with van der Waals surface area (Å²) >= 11 is 3.43. The third-order valence-corrected chi connectivity index (χ3v) is 4.30. The quantitative estimate of drug-likeness (QED) is 0.901. The van der Waals surface area contributed by atoms with Gasteiger partial charge in [0.25, 0.3) is 0 Å². The van der Waals surface area contributed by atoms with Crippen LogP contribution in [0.2, 0.25) is 0 Å². The van der Waals surface area contributed by atoms with Crippen LogP contribution in [-0.4, -0.2) is 52.8 Å². The first-order valence-electron chi connectivity index (χ1n) is 7.44. The number of anilines is 3. The standard InChI is InChI=1S/C15H19BrN6/c1-2-21-7-9-22(10-8-21)15-19-14(11-17-20-15)18-13-5-3-12(16)4-6-13/h3-6,11H,2,7-10H2,1H3,(H,18,19,20). The zero-order valence-electron chi connectivity index (χ0n) is 12.5. The van der Waals surface area contributed by atoms with Gasteiger partial charge in [0, 0.05) is 36.3 Å². The Morgan fingerprint density at radius 1 is 1.14 bits per heavy atom. The molecule has 0 atom stereocenters. The molecule has 0 unspecified atom stereocenters. The summed E-state index contributed by atoms with van der Waals surface area (Å²) in [5, 5.41) is 11.5. The summed E-state index contributed by atoms with van der Waals surface area (Å²) in [5.74, 6) is 1.41. The molecule has 1 aromatic carbocycles. The zero-order valence-corrected chi connectivity index (χ0v) is 14.1. The molecule has 3 rings (SSSR count). The maximum atomic E-state index is 4.58. The van der Waals surface area contributed by atoms with Gasteiger partial charge in [-0.3, -0.25) is 0 Å². The van der Waals surface area contributed by atoms with E-state index in [1.165, 1.54) is 0 Å². The van der Waals surface area contributed by atoms with Crippen LogP contribution in [0.25, 0.3) is 0 Å². The minimum atomic E-state index is 0.692. The topological polar surface area (TPSA) is 57.2 Å². The van der Waals surface area contributed by atoms with Gasteiger partial charge in [-0.25, -0.2) is 0 Å². The van der Waals surface area contributed by atoms with Gasteiger partial charge in [-0.1, -0.05) is 22.9 Å². The molecule has 0 bridgehead atoms. The summed E-state index contributed by atoms with van der Waals surface area (Å²) in [6.07, 6.45) is 1.65. The normalized spacial score (nSPS) is 15.8. The van der Waals surface area contributed by atoms with Crippen LogP contribution >= 0.6 is 15.9 Å². The van der Waals surface area contributed by atoms with Crippen molar-refractivity contribution in [2.24, 2.45) is 0 Å². The molecule has 22 heavy (non-hydrogen) atoms. The number of hydrogen-bond donors (Lipinski definition) is 1. The highest BCUT2D eigenvalue weighted by molar-refractivity contribution is 9.10. The molecule has 1 aliphatic rings. The highest BCUT2D eigenvalue weighted by Gasteiger charge is 2.18. The number of nitrogens with one attached hydrogen (secondary N) is 1. The number of hydrogen-bond acceptors (Lipinski definition) is 6. The first kappa shape index (κ1) is 15.2. The molecule has 2 heterocycles. The van der Waals surface area contributed by atoms with Crippen molar-refractivity contribution in [3.8, 4) is 0 Å². The molecule has 1 saturated heterocycles. The summed E-state index contributed by atoms with van der Waals surface area (Å²) in [6.45, 7) is 7.26. The second-order valence-corrected chi connectivity index (χ2v) is 6.11. The maximum absolute atomic E-state index is 4.58. The molecule has 1 fully saturated rings. The van der Waals surface area contributed by atoms with Gasteiger partial charge in [-0.15, -0.1) is 5.10 Å². The minimum Gasteiger partial charge on any atom is -0.339 e. The van der Waals surface area contributed by atoms with Crippen LogP contribution < -0.4 is 10.2 Å². The number of benzene rings is 1. The molecular weight excluding hydrogens is 344 g/mol. The number of halogens is 1. The molecule has 1 N–H and O–H groups in total. The summed E-state index contributed by atoms with van der Waals surface area (Å²) in [7, 11) is 0. The molecule has 2 aromatic rings. The van der Waals surface area contributed by atoms with Gasteiger partial charge >= 0.3 is 0 Å². The monoisotopic (exact) mass is 362 g/mol. The molecule has 0 radical (unpaired) electrons. The lowest BCUT2D eigenvalue weighted by atomic mass is 10.3. The molecule has 1 aliphatic heterocycles. The van der Waals surface area contributed by atoms with Gasteiger partial charge < -0.3 is 15.1 Å². The van der Waals surface area contributed by atoms with Gasteiger partial charge in [0.2, 0.25) is 5.95 Å². The van der Waals surface area contributed by atoms with Crippen LogP contribution in [0.1, 0.15) is 6.92 Å². The predicted octanol–water partition coefficient (Wildman–Crippen LogP) is 2.52. The minimum absolute atomic E-state index is 0.692. The molecule has 7 heteroatoms. The Balaban J connectivity index is 1.68. The maximum Gasteiger partial charge on any atom is 0.247 e. The average molecular weight is 363 g/mol. The molecule has 1 aromatic heterocycles. The SMILES string of the molecule is CCN1CCN(c2nncc(Nc3ccc(Br)cc3)n2)CC1. The van der Waals surface area contributed by atoms with E-state index < -0.39 is 0 Å².